The first-order valence-corrected chi connectivity index (χ1v) is 2.57. The van der Waals surface area contributed by atoms with Gasteiger partial charge in [0.05, 0.1) is 0 Å². The van der Waals surface area contributed by atoms with Gasteiger partial charge >= 0.3 is 0 Å². The van der Waals surface area contributed by atoms with Gasteiger partial charge in [0, 0.05) is 5.88 Å². The molecular weight excluding hydrogens is 133 g/mol. The highest BCUT2D eigenvalue weighted by atomic mass is 35.5. The van der Waals surface area contributed by atoms with Crippen LogP contribution < -0.4 is 0 Å². The zero-order valence-electron chi connectivity index (χ0n) is 4.33. The molecular formula is C3H6ClNO3. The van der Waals surface area contributed by atoms with Crippen LogP contribution in [0.25, 0.3) is 0 Å². The van der Waals surface area contributed by atoms with Crippen molar-refractivity contribution < 1.29 is 9.92 Å². The Hall–Kier alpha value is -0.510. The lowest BCUT2D eigenvalue weighted by Crippen LogP contribution is -2.14. The molecule has 0 aromatic heterocycles. The molecule has 0 heterocycles. The maximum atomic E-state index is 9.49. The summed E-state index contributed by atoms with van der Waals surface area (Å²) in [7, 11) is 0. The lowest BCUT2D eigenvalue weighted by molar-refractivity contribution is -0.766. The van der Waals surface area contributed by atoms with Crippen molar-refractivity contribution in [3.8, 4) is 0 Å². The highest BCUT2D eigenvalue weighted by molar-refractivity contribution is 6.18. The molecule has 0 aliphatic heterocycles. The lowest BCUT2D eigenvalue weighted by atomic mass is 10.5. The molecule has 0 saturated heterocycles. The summed E-state index contributed by atoms with van der Waals surface area (Å²) in [6, 6.07) is 0. The Morgan fingerprint density at radius 2 is 2.50 bits per heavy atom. The summed E-state index contributed by atoms with van der Waals surface area (Å²) in [5.41, 5.74) is 0. The third-order valence-electron chi connectivity index (χ3n) is 0.483. The van der Waals surface area contributed by atoms with Gasteiger partial charge in [0.1, 0.15) is 6.10 Å². The van der Waals surface area contributed by atoms with Crippen LogP contribution in [0.2, 0.25) is 0 Å². The molecule has 0 N–H and O–H groups in total. The van der Waals surface area contributed by atoms with Crippen LogP contribution in [0.1, 0.15) is 6.92 Å². The Bertz CT molecular complexity index is 86.6. The Morgan fingerprint density at radius 1 is 2.00 bits per heavy atom. The molecule has 0 fully saturated rings. The Balaban J connectivity index is 3.24. The van der Waals surface area contributed by atoms with E-state index in [0.29, 0.717) is 0 Å². The maximum Gasteiger partial charge on any atom is 0.294 e. The highest BCUT2D eigenvalue weighted by Crippen LogP contribution is 1.91. The smallest absolute Gasteiger partial charge is 0.294 e. The third kappa shape index (κ3) is 3.67. The van der Waals surface area contributed by atoms with E-state index >= 15 is 0 Å². The van der Waals surface area contributed by atoms with Crippen LogP contribution in [0, 0.1) is 10.1 Å². The van der Waals surface area contributed by atoms with E-state index in [1.54, 1.807) is 0 Å². The van der Waals surface area contributed by atoms with Crippen LogP contribution in [0.15, 0.2) is 0 Å². The van der Waals surface area contributed by atoms with Gasteiger partial charge in [-0.15, -0.1) is 21.7 Å². The van der Waals surface area contributed by atoms with Crippen LogP contribution in [0.3, 0.4) is 0 Å². The first-order valence-electron chi connectivity index (χ1n) is 2.04. The van der Waals surface area contributed by atoms with E-state index in [-0.39, 0.29) is 5.88 Å². The van der Waals surface area contributed by atoms with Crippen molar-refractivity contribution in [3.05, 3.63) is 10.1 Å². The molecule has 0 aromatic rings. The second-order valence-corrected chi connectivity index (χ2v) is 1.60. The second-order valence-electron chi connectivity index (χ2n) is 1.29. The number of nitrogens with zero attached hydrogens (tertiary/aromatic N) is 1. The van der Waals surface area contributed by atoms with Gasteiger partial charge in [-0.3, -0.25) is 0 Å². The van der Waals surface area contributed by atoms with Crippen LogP contribution in [0.5, 0.6) is 0 Å². The number of alkyl halides is 1. The Kier molecular flexibility index (Phi) is 3.26. The maximum absolute atomic E-state index is 9.49. The van der Waals surface area contributed by atoms with E-state index in [2.05, 4.69) is 4.84 Å². The van der Waals surface area contributed by atoms with Gasteiger partial charge < -0.3 is 4.84 Å². The molecule has 0 radical (unpaired) electrons. The average Bonchev–Trinajstić information content (AvgIpc) is 1.65. The first kappa shape index (κ1) is 7.49. The molecule has 5 heteroatoms. The fourth-order valence-electron chi connectivity index (χ4n) is 0.175. The minimum Gasteiger partial charge on any atom is -0.310 e. The monoisotopic (exact) mass is 139 g/mol. The fraction of sp³-hybridized carbons (Fsp3) is 1.00. The predicted octanol–water partition coefficient (Wildman–Crippen LogP) is 0.822. The summed E-state index contributed by atoms with van der Waals surface area (Å²) >= 11 is 5.17. The number of hydrogen-bond acceptors (Lipinski definition) is 3. The Morgan fingerprint density at radius 3 is 2.62 bits per heavy atom. The van der Waals surface area contributed by atoms with Gasteiger partial charge in [0.15, 0.2) is 0 Å². The van der Waals surface area contributed by atoms with Crippen LogP contribution in [-0.2, 0) is 4.84 Å². The molecule has 0 bridgehead atoms. The van der Waals surface area contributed by atoms with Crippen LogP contribution in [0.4, 0.5) is 0 Å². The molecule has 1 atom stereocenters. The van der Waals surface area contributed by atoms with E-state index in [1.165, 1.54) is 6.92 Å². The molecule has 4 nitrogen and oxygen atoms in total. The molecule has 0 aromatic carbocycles. The van der Waals surface area contributed by atoms with E-state index in [9.17, 15) is 10.1 Å². The Labute approximate surface area is 51.5 Å². The quantitative estimate of drug-likeness (QED) is 0.331. The molecule has 8 heavy (non-hydrogen) atoms. The van der Waals surface area contributed by atoms with Crippen molar-refractivity contribution in [1.29, 1.82) is 0 Å². The lowest BCUT2D eigenvalue weighted by Gasteiger charge is -2.01. The van der Waals surface area contributed by atoms with Gasteiger partial charge in [0.2, 0.25) is 0 Å². The van der Waals surface area contributed by atoms with Gasteiger partial charge in [0.25, 0.3) is 5.09 Å². The topological polar surface area (TPSA) is 52.4 Å². The number of halogens is 1. The standard InChI is InChI=1S/C3H6ClNO3/c1-3(2-4)8-5(6)7/h3H,2H2,1H3. The normalized spacial score (nSPS) is 12.8. The van der Waals surface area contributed by atoms with E-state index in [0.717, 1.165) is 0 Å². The van der Waals surface area contributed by atoms with Crippen molar-refractivity contribution in [2.45, 2.75) is 13.0 Å². The molecule has 0 aliphatic carbocycles. The number of rotatable bonds is 3. The minimum atomic E-state index is -0.854. The zero-order valence-corrected chi connectivity index (χ0v) is 5.09. The third-order valence-corrected chi connectivity index (χ3v) is 0.918. The van der Waals surface area contributed by atoms with Crippen molar-refractivity contribution >= 4 is 11.6 Å². The number of hydrogen-bond donors (Lipinski definition) is 0. The van der Waals surface area contributed by atoms with Gasteiger partial charge in [-0.25, -0.2) is 0 Å². The van der Waals surface area contributed by atoms with Gasteiger partial charge in [-0.05, 0) is 6.92 Å². The van der Waals surface area contributed by atoms with E-state index in [4.69, 9.17) is 11.6 Å². The molecule has 0 saturated carbocycles. The van der Waals surface area contributed by atoms with Gasteiger partial charge in [-0.2, -0.15) is 0 Å². The first-order chi connectivity index (χ1) is 3.66. The summed E-state index contributed by atoms with van der Waals surface area (Å²) < 4.78 is 0. The summed E-state index contributed by atoms with van der Waals surface area (Å²) in [6.07, 6.45) is -0.508. The molecule has 0 spiro atoms. The van der Waals surface area contributed by atoms with Crippen LogP contribution >= 0.6 is 11.6 Å². The van der Waals surface area contributed by atoms with Crippen molar-refractivity contribution in [2.75, 3.05) is 5.88 Å². The summed E-state index contributed by atoms with van der Waals surface area (Å²) in [4.78, 5) is 13.5. The summed E-state index contributed by atoms with van der Waals surface area (Å²) in [5, 5.41) is 8.64. The van der Waals surface area contributed by atoms with Crippen molar-refractivity contribution in [2.24, 2.45) is 0 Å². The van der Waals surface area contributed by atoms with Gasteiger partial charge in [-0.1, -0.05) is 0 Å². The van der Waals surface area contributed by atoms with E-state index < -0.39 is 11.2 Å². The minimum absolute atomic E-state index is 0.140. The molecule has 48 valence electrons. The van der Waals surface area contributed by atoms with Crippen molar-refractivity contribution in [1.82, 2.24) is 0 Å². The summed E-state index contributed by atoms with van der Waals surface area (Å²) in [5.74, 6) is 0.140. The van der Waals surface area contributed by atoms with Crippen molar-refractivity contribution in [3.63, 3.8) is 0 Å². The fourth-order valence-corrected chi connectivity index (χ4v) is 0.231. The van der Waals surface area contributed by atoms with E-state index in [1.807, 2.05) is 0 Å². The molecule has 0 rings (SSSR count). The highest BCUT2D eigenvalue weighted by Gasteiger charge is 2.02. The predicted molar refractivity (Wildman–Crippen MR) is 28.3 cm³/mol. The molecule has 0 aliphatic rings. The SMILES string of the molecule is CC(CCl)O[N+](=O)[O-]. The molecule has 0 amide bonds. The summed E-state index contributed by atoms with van der Waals surface area (Å²) in [6.45, 7) is 1.52. The average molecular weight is 140 g/mol. The molecule has 1 unspecified atom stereocenters. The van der Waals surface area contributed by atoms with Crippen LogP contribution in [-0.4, -0.2) is 17.1 Å². The second kappa shape index (κ2) is 3.49. The zero-order chi connectivity index (χ0) is 6.57. The largest absolute Gasteiger partial charge is 0.310 e.